The molecule has 0 saturated heterocycles. The van der Waals surface area contributed by atoms with Gasteiger partial charge in [0.2, 0.25) is 5.91 Å². The van der Waals surface area contributed by atoms with Gasteiger partial charge in [-0.3, -0.25) is 18.8 Å². The summed E-state index contributed by atoms with van der Waals surface area (Å²) in [7, 11) is -4.32. The van der Waals surface area contributed by atoms with Crippen molar-refractivity contribution in [3.8, 4) is 16.9 Å². The maximum atomic E-state index is 13.3. The van der Waals surface area contributed by atoms with Crippen molar-refractivity contribution in [1.82, 2.24) is 15.1 Å². The maximum absolute atomic E-state index is 13.3. The SMILES string of the molecule is Cc1c(N)cccc1OCCCC(=O)N1CCCc2c(-c3cnn(Cc4cccc(C(=O)NCS(=O)(=O)O)c4)c3)cccc21. The van der Waals surface area contributed by atoms with Crippen molar-refractivity contribution in [2.45, 2.75) is 39.2 Å². The summed E-state index contributed by atoms with van der Waals surface area (Å²) < 4.78 is 38.4. The quantitative estimate of drug-likeness (QED) is 0.128. The van der Waals surface area contributed by atoms with Crippen molar-refractivity contribution < 1.29 is 27.3 Å². The van der Waals surface area contributed by atoms with Crippen LogP contribution in [0.4, 0.5) is 11.4 Å². The van der Waals surface area contributed by atoms with E-state index < -0.39 is 21.9 Å². The molecule has 5 rings (SSSR count). The smallest absolute Gasteiger partial charge is 0.283 e. The molecule has 0 unspecified atom stereocenters. The van der Waals surface area contributed by atoms with E-state index >= 15 is 0 Å². The van der Waals surface area contributed by atoms with Gasteiger partial charge in [-0.25, -0.2) is 0 Å². The first-order valence-corrected chi connectivity index (χ1v) is 16.0. The van der Waals surface area contributed by atoms with E-state index in [0.717, 1.165) is 52.1 Å². The van der Waals surface area contributed by atoms with Gasteiger partial charge in [0.15, 0.2) is 0 Å². The third-order valence-corrected chi connectivity index (χ3v) is 8.07. The minimum absolute atomic E-state index is 0.0622. The number of nitrogens with zero attached hydrogens (tertiary/aromatic N) is 3. The maximum Gasteiger partial charge on any atom is 0.283 e. The Hall–Kier alpha value is -4.68. The van der Waals surface area contributed by atoms with Crippen molar-refractivity contribution in [2.75, 3.05) is 29.7 Å². The molecule has 1 aliphatic heterocycles. The van der Waals surface area contributed by atoms with Gasteiger partial charge in [-0.15, -0.1) is 0 Å². The molecule has 2 heterocycles. The zero-order valence-corrected chi connectivity index (χ0v) is 25.2. The van der Waals surface area contributed by atoms with Gasteiger partial charge in [0.05, 0.1) is 19.3 Å². The largest absolute Gasteiger partial charge is 0.493 e. The number of nitrogens with one attached hydrogen (secondary N) is 1. The van der Waals surface area contributed by atoms with Crippen LogP contribution in [0.5, 0.6) is 5.75 Å². The highest BCUT2D eigenvalue weighted by molar-refractivity contribution is 7.85. The van der Waals surface area contributed by atoms with Gasteiger partial charge in [-0.1, -0.05) is 30.3 Å². The van der Waals surface area contributed by atoms with Crippen molar-refractivity contribution in [2.24, 2.45) is 0 Å². The molecule has 0 atom stereocenters. The minimum Gasteiger partial charge on any atom is -0.493 e. The minimum atomic E-state index is -4.32. The van der Waals surface area contributed by atoms with Gasteiger partial charge < -0.3 is 20.7 Å². The van der Waals surface area contributed by atoms with Crippen LogP contribution >= 0.6 is 0 Å². The number of anilines is 2. The lowest BCUT2D eigenvalue weighted by Gasteiger charge is -2.31. The zero-order chi connectivity index (χ0) is 31.3. The number of carbonyl (C=O) groups is 2. The molecule has 0 aliphatic carbocycles. The molecule has 1 aliphatic rings. The van der Waals surface area contributed by atoms with E-state index in [4.69, 9.17) is 15.0 Å². The van der Waals surface area contributed by atoms with Crippen LogP contribution in [0.3, 0.4) is 0 Å². The van der Waals surface area contributed by atoms with E-state index in [0.29, 0.717) is 38.2 Å². The molecular weight excluding hydrogens is 582 g/mol. The van der Waals surface area contributed by atoms with Gasteiger partial charge in [0.25, 0.3) is 16.0 Å². The van der Waals surface area contributed by atoms with Crippen LogP contribution in [0.15, 0.2) is 73.1 Å². The fourth-order valence-electron chi connectivity index (χ4n) is 5.33. The highest BCUT2D eigenvalue weighted by atomic mass is 32.2. The molecule has 11 nitrogen and oxygen atoms in total. The van der Waals surface area contributed by atoms with Gasteiger partial charge in [0.1, 0.15) is 11.6 Å². The molecule has 12 heteroatoms. The number of nitrogen functional groups attached to an aromatic ring is 1. The number of carbonyl (C=O) groups excluding carboxylic acids is 2. The van der Waals surface area contributed by atoms with Crippen LogP contribution in [0.25, 0.3) is 11.1 Å². The predicted molar refractivity (Wildman–Crippen MR) is 168 cm³/mol. The number of benzene rings is 3. The Morgan fingerprint density at radius 2 is 1.91 bits per heavy atom. The molecular formula is C32H35N5O6S. The molecule has 0 saturated carbocycles. The predicted octanol–water partition coefficient (Wildman–Crippen LogP) is 4.20. The van der Waals surface area contributed by atoms with E-state index in [-0.39, 0.29) is 11.5 Å². The Morgan fingerprint density at radius 3 is 2.73 bits per heavy atom. The number of hydrogen-bond acceptors (Lipinski definition) is 7. The average Bonchev–Trinajstić information content (AvgIpc) is 3.47. The molecule has 2 amide bonds. The zero-order valence-electron chi connectivity index (χ0n) is 24.4. The van der Waals surface area contributed by atoms with Crippen molar-refractivity contribution in [3.05, 3.63) is 95.3 Å². The third-order valence-electron chi connectivity index (χ3n) is 7.56. The highest BCUT2D eigenvalue weighted by Crippen LogP contribution is 2.36. The first-order valence-electron chi connectivity index (χ1n) is 14.3. The van der Waals surface area contributed by atoms with Gasteiger partial charge in [-0.2, -0.15) is 13.5 Å². The number of rotatable bonds is 11. The number of ether oxygens (including phenoxy) is 1. The second-order valence-corrected chi connectivity index (χ2v) is 12.2. The summed E-state index contributed by atoms with van der Waals surface area (Å²) in [4.78, 5) is 27.5. The van der Waals surface area contributed by atoms with Gasteiger partial charge in [0, 0.05) is 47.2 Å². The van der Waals surface area contributed by atoms with Crippen molar-refractivity contribution in [1.29, 1.82) is 0 Å². The van der Waals surface area contributed by atoms with Crippen molar-refractivity contribution in [3.63, 3.8) is 0 Å². The third kappa shape index (κ3) is 7.44. The standard InChI is InChI=1S/C32H35N5O6S/c1-22-28(33)11-4-13-30(22)43-16-6-14-31(38)37-15-5-10-27-26(9-3-12-29(27)37)25-18-35-36(20-25)19-23-7-2-8-24(17-23)32(39)34-21-44(40,41)42/h2-4,7-9,11-13,17-18,20H,5-6,10,14-16,19,21,33H2,1H3,(H,34,39)(H,40,41,42). The number of aromatic nitrogens is 2. The second-order valence-electron chi connectivity index (χ2n) is 10.7. The fraction of sp³-hybridized carbons (Fsp3) is 0.281. The summed E-state index contributed by atoms with van der Waals surface area (Å²) >= 11 is 0. The van der Waals surface area contributed by atoms with Crippen LogP contribution < -0.4 is 20.7 Å². The molecule has 3 aromatic carbocycles. The summed E-state index contributed by atoms with van der Waals surface area (Å²) in [6, 6.07) is 18.3. The Balaban J connectivity index is 1.24. The topological polar surface area (TPSA) is 157 Å². The van der Waals surface area contributed by atoms with Crippen LogP contribution in [-0.4, -0.2) is 53.6 Å². The Kier molecular flexibility index (Phi) is 9.31. The number of hydrogen-bond donors (Lipinski definition) is 3. The molecule has 0 radical (unpaired) electrons. The molecule has 0 bridgehead atoms. The Labute approximate surface area is 256 Å². The lowest BCUT2D eigenvalue weighted by Crippen LogP contribution is -2.35. The summed E-state index contributed by atoms with van der Waals surface area (Å²) in [5, 5.41) is 6.70. The van der Waals surface area contributed by atoms with E-state index in [1.54, 1.807) is 29.1 Å². The van der Waals surface area contributed by atoms with Crippen LogP contribution in [0.1, 0.15) is 46.3 Å². The molecule has 230 valence electrons. The number of amides is 2. The first kappa shape index (κ1) is 30.8. The number of fused-ring (bicyclic) bond motifs is 1. The molecule has 4 aromatic rings. The molecule has 4 N–H and O–H groups in total. The normalized spacial score (nSPS) is 12.9. The molecule has 0 spiro atoms. The summed E-state index contributed by atoms with van der Waals surface area (Å²) in [5.74, 6) is -0.668. The number of nitrogens with two attached hydrogens (primary N) is 1. The highest BCUT2D eigenvalue weighted by Gasteiger charge is 2.25. The van der Waals surface area contributed by atoms with E-state index in [1.807, 2.05) is 60.5 Å². The summed E-state index contributed by atoms with van der Waals surface area (Å²) in [6.45, 7) is 3.39. The fourth-order valence-corrected chi connectivity index (χ4v) is 5.64. The lowest BCUT2D eigenvalue weighted by atomic mass is 9.93. The second kappa shape index (κ2) is 13.3. The lowest BCUT2D eigenvalue weighted by molar-refractivity contribution is -0.118. The molecule has 1 aromatic heterocycles. The Morgan fingerprint density at radius 1 is 1.11 bits per heavy atom. The molecule has 44 heavy (non-hydrogen) atoms. The van der Waals surface area contributed by atoms with E-state index in [1.165, 1.54) is 0 Å². The van der Waals surface area contributed by atoms with Gasteiger partial charge in [-0.05, 0) is 73.2 Å². The van der Waals surface area contributed by atoms with Gasteiger partial charge >= 0.3 is 0 Å². The Bertz CT molecular complexity index is 1790. The average molecular weight is 618 g/mol. The van der Waals surface area contributed by atoms with Crippen LogP contribution in [0.2, 0.25) is 0 Å². The van der Waals surface area contributed by atoms with E-state index in [9.17, 15) is 18.0 Å². The van der Waals surface area contributed by atoms with E-state index in [2.05, 4.69) is 10.4 Å². The first-order chi connectivity index (χ1) is 21.1. The monoisotopic (exact) mass is 617 g/mol. The van der Waals surface area contributed by atoms with Crippen LogP contribution in [0, 0.1) is 6.92 Å². The summed E-state index contributed by atoms with van der Waals surface area (Å²) in [5.41, 5.74) is 12.6. The molecule has 0 fully saturated rings. The van der Waals surface area contributed by atoms with Crippen molar-refractivity contribution >= 4 is 33.3 Å². The summed E-state index contributed by atoms with van der Waals surface area (Å²) in [6.07, 6.45) is 6.38. The van der Waals surface area contributed by atoms with Crippen LogP contribution in [-0.2, 0) is 27.9 Å².